The topological polar surface area (TPSA) is 75.7 Å². The number of nitrogens with one attached hydrogen (secondary N) is 1. The van der Waals surface area contributed by atoms with Crippen molar-refractivity contribution in [1.29, 1.82) is 0 Å². The van der Waals surface area contributed by atoms with Crippen molar-refractivity contribution >= 4 is 33.2 Å². The van der Waals surface area contributed by atoms with E-state index in [1.165, 1.54) is 31.4 Å². The van der Waals surface area contributed by atoms with Crippen molar-refractivity contribution in [2.24, 2.45) is 0 Å². The van der Waals surface area contributed by atoms with Gasteiger partial charge in [0.15, 0.2) is 0 Å². The molecule has 1 N–H and O–H groups in total. The number of nitrogens with zero attached hydrogens (tertiary/aromatic N) is 1. The van der Waals surface area contributed by atoms with Gasteiger partial charge in [0.25, 0.3) is 0 Å². The van der Waals surface area contributed by atoms with Crippen LogP contribution in [0.25, 0.3) is 0 Å². The van der Waals surface area contributed by atoms with E-state index in [-0.39, 0.29) is 18.0 Å². The Labute approximate surface area is 187 Å². The number of amides is 1. The number of aryl methyl sites for hydroxylation is 1. The lowest BCUT2D eigenvalue weighted by Crippen LogP contribution is -2.37. The Balaban J connectivity index is 1.91. The molecular weight excluding hydrogens is 436 g/mol. The van der Waals surface area contributed by atoms with Gasteiger partial charge in [-0.05, 0) is 54.4 Å². The van der Waals surface area contributed by atoms with E-state index >= 15 is 0 Å². The first-order chi connectivity index (χ1) is 14.8. The highest BCUT2D eigenvalue weighted by Crippen LogP contribution is 2.24. The molecule has 0 bridgehead atoms. The molecule has 0 aliphatic heterocycles. The van der Waals surface area contributed by atoms with Crippen molar-refractivity contribution in [3.8, 4) is 5.75 Å². The summed E-state index contributed by atoms with van der Waals surface area (Å²) in [6.07, 6.45) is 0. The van der Waals surface area contributed by atoms with Crippen molar-refractivity contribution in [3.05, 3.63) is 88.9 Å². The number of hydrogen-bond donors (Lipinski definition) is 1. The number of sulfonamides is 1. The minimum absolute atomic E-state index is 0.0526. The molecule has 0 fully saturated rings. The number of anilines is 1. The van der Waals surface area contributed by atoms with Gasteiger partial charge in [0.05, 0.1) is 24.2 Å². The number of carbonyl (C=O) groups excluding carboxylic acids is 1. The van der Waals surface area contributed by atoms with E-state index in [1.807, 2.05) is 31.2 Å². The molecule has 1 amide bonds. The van der Waals surface area contributed by atoms with Gasteiger partial charge < -0.3 is 10.1 Å². The lowest BCUT2D eigenvalue weighted by Gasteiger charge is -2.23. The fourth-order valence-electron chi connectivity index (χ4n) is 3.06. The number of para-hydroxylation sites is 2. The van der Waals surface area contributed by atoms with E-state index in [0.29, 0.717) is 16.5 Å². The van der Waals surface area contributed by atoms with Crippen molar-refractivity contribution in [3.63, 3.8) is 0 Å². The smallest absolute Gasteiger partial charge is 0.243 e. The van der Waals surface area contributed by atoms with Gasteiger partial charge in [0, 0.05) is 11.6 Å². The fourth-order valence-corrected chi connectivity index (χ4v) is 4.56. The van der Waals surface area contributed by atoms with Crippen LogP contribution < -0.4 is 10.1 Å². The molecule has 3 aromatic carbocycles. The molecular formula is C23H23ClN2O4S. The fraction of sp³-hybridized carbons (Fsp3) is 0.174. The molecule has 0 heterocycles. The van der Waals surface area contributed by atoms with Crippen LogP contribution in [0.2, 0.25) is 5.02 Å². The highest BCUT2D eigenvalue weighted by molar-refractivity contribution is 7.89. The van der Waals surface area contributed by atoms with Gasteiger partial charge in [0.2, 0.25) is 15.9 Å². The van der Waals surface area contributed by atoms with Gasteiger partial charge in [-0.3, -0.25) is 4.79 Å². The number of carbonyl (C=O) groups is 1. The number of rotatable bonds is 8. The average Bonchev–Trinajstić information content (AvgIpc) is 2.75. The molecule has 3 rings (SSSR count). The maximum Gasteiger partial charge on any atom is 0.243 e. The maximum atomic E-state index is 13.3. The third-order valence-electron chi connectivity index (χ3n) is 4.76. The zero-order valence-electron chi connectivity index (χ0n) is 17.2. The minimum atomic E-state index is -3.95. The number of ether oxygens (including phenoxy) is 1. The van der Waals surface area contributed by atoms with Crippen LogP contribution in [0.1, 0.15) is 11.1 Å². The lowest BCUT2D eigenvalue weighted by atomic mass is 10.1. The second-order valence-electron chi connectivity index (χ2n) is 6.90. The lowest BCUT2D eigenvalue weighted by molar-refractivity contribution is -0.116. The standard InChI is InChI=1S/C23H23ClN2O4S/c1-17-7-3-4-8-18(17)15-26(31(28,29)20-13-11-19(24)12-14-20)16-23(27)25-21-9-5-6-10-22(21)30-2/h3-14H,15-16H2,1-2H3,(H,25,27). The van der Waals surface area contributed by atoms with Crippen LogP contribution >= 0.6 is 11.6 Å². The molecule has 0 aliphatic carbocycles. The van der Waals surface area contributed by atoms with E-state index in [9.17, 15) is 13.2 Å². The summed E-state index contributed by atoms with van der Waals surface area (Å²) in [5, 5.41) is 3.16. The second-order valence-corrected chi connectivity index (χ2v) is 9.28. The molecule has 0 aliphatic rings. The second kappa shape index (κ2) is 9.96. The SMILES string of the molecule is COc1ccccc1NC(=O)CN(Cc1ccccc1C)S(=O)(=O)c1ccc(Cl)cc1. The summed E-state index contributed by atoms with van der Waals surface area (Å²) < 4.78 is 33.1. The first kappa shape index (κ1) is 22.8. The van der Waals surface area contributed by atoms with E-state index < -0.39 is 15.9 Å². The summed E-state index contributed by atoms with van der Waals surface area (Å²) in [6.45, 7) is 1.59. The Morgan fingerprint density at radius 1 is 1.00 bits per heavy atom. The predicted molar refractivity (Wildman–Crippen MR) is 122 cm³/mol. The van der Waals surface area contributed by atoms with Gasteiger partial charge >= 0.3 is 0 Å². The number of benzene rings is 3. The van der Waals surface area contributed by atoms with Gasteiger partial charge in [-0.1, -0.05) is 48.0 Å². The number of halogens is 1. The number of methoxy groups -OCH3 is 1. The maximum absolute atomic E-state index is 13.3. The molecule has 0 unspecified atom stereocenters. The molecule has 162 valence electrons. The van der Waals surface area contributed by atoms with Crippen LogP contribution in [-0.2, 0) is 21.4 Å². The predicted octanol–water partition coefficient (Wildman–Crippen LogP) is 4.49. The molecule has 3 aromatic rings. The molecule has 0 radical (unpaired) electrons. The zero-order chi connectivity index (χ0) is 22.4. The van der Waals surface area contributed by atoms with Gasteiger partial charge in [-0.15, -0.1) is 0 Å². The van der Waals surface area contributed by atoms with Crippen LogP contribution in [0.3, 0.4) is 0 Å². The Morgan fingerprint density at radius 3 is 2.32 bits per heavy atom. The van der Waals surface area contributed by atoms with Crippen molar-refractivity contribution in [2.45, 2.75) is 18.4 Å². The Hall–Kier alpha value is -2.87. The van der Waals surface area contributed by atoms with Crippen molar-refractivity contribution < 1.29 is 17.9 Å². The third kappa shape index (κ3) is 5.64. The molecule has 8 heteroatoms. The summed E-state index contributed by atoms with van der Waals surface area (Å²) >= 11 is 5.91. The molecule has 6 nitrogen and oxygen atoms in total. The molecule has 31 heavy (non-hydrogen) atoms. The summed E-state index contributed by atoms with van der Waals surface area (Å²) in [6, 6.07) is 20.3. The van der Waals surface area contributed by atoms with Crippen molar-refractivity contribution in [2.75, 3.05) is 19.0 Å². The highest BCUT2D eigenvalue weighted by Gasteiger charge is 2.27. The van der Waals surface area contributed by atoms with Crippen molar-refractivity contribution in [1.82, 2.24) is 4.31 Å². The summed E-state index contributed by atoms with van der Waals surface area (Å²) in [5.74, 6) is 0.0116. The average molecular weight is 459 g/mol. The van der Waals surface area contributed by atoms with Gasteiger partial charge in [-0.2, -0.15) is 4.31 Å². The molecule has 0 saturated heterocycles. The van der Waals surface area contributed by atoms with Gasteiger partial charge in [-0.25, -0.2) is 8.42 Å². The quantitative estimate of drug-likeness (QED) is 0.539. The summed E-state index contributed by atoms with van der Waals surface area (Å²) in [7, 11) is -2.45. The van der Waals surface area contributed by atoms with Crippen LogP contribution in [0.5, 0.6) is 5.75 Å². The van der Waals surface area contributed by atoms with E-state index in [4.69, 9.17) is 16.3 Å². The Morgan fingerprint density at radius 2 is 1.65 bits per heavy atom. The van der Waals surface area contributed by atoms with Gasteiger partial charge in [0.1, 0.15) is 5.75 Å². The van der Waals surface area contributed by atoms with Crippen LogP contribution in [-0.4, -0.2) is 32.3 Å². The minimum Gasteiger partial charge on any atom is -0.495 e. The highest BCUT2D eigenvalue weighted by atomic mass is 35.5. The summed E-state index contributed by atoms with van der Waals surface area (Å²) in [5.41, 5.74) is 2.21. The molecule has 0 spiro atoms. The molecule has 0 atom stereocenters. The number of hydrogen-bond acceptors (Lipinski definition) is 4. The first-order valence-electron chi connectivity index (χ1n) is 9.54. The Bertz CT molecular complexity index is 1160. The third-order valence-corrected chi connectivity index (χ3v) is 6.82. The van der Waals surface area contributed by atoms with E-state index in [2.05, 4.69) is 5.32 Å². The van der Waals surface area contributed by atoms with E-state index in [1.54, 1.807) is 24.3 Å². The largest absolute Gasteiger partial charge is 0.495 e. The normalized spacial score (nSPS) is 11.4. The van der Waals surface area contributed by atoms with E-state index in [0.717, 1.165) is 15.4 Å². The monoisotopic (exact) mass is 458 g/mol. The van der Waals surface area contributed by atoms with Crippen LogP contribution in [0, 0.1) is 6.92 Å². The first-order valence-corrected chi connectivity index (χ1v) is 11.4. The zero-order valence-corrected chi connectivity index (χ0v) is 18.8. The van der Waals surface area contributed by atoms with Crippen LogP contribution in [0.4, 0.5) is 5.69 Å². The van der Waals surface area contributed by atoms with Crippen LogP contribution in [0.15, 0.2) is 77.7 Å². The molecule has 0 aromatic heterocycles. The summed E-state index contributed by atoms with van der Waals surface area (Å²) in [4.78, 5) is 12.9. The Kier molecular flexibility index (Phi) is 7.33. The molecule has 0 saturated carbocycles.